The molecule has 2 rings (SSSR count). The predicted molar refractivity (Wildman–Crippen MR) is 105 cm³/mol. The molecule has 1 aliphatic heterocycles. The van der Waals surface area contributed by atoms with Gasteiger partial charge in [0, 0.05) is 44.4 Å². The van der Waals surface area contributed by atoms with Crippen molar-refractivity contribution in [2.24, 2.45) is 4.99 Å². The van der Waals surface area contributed by atoms with E-state index in [0.717, 1.165) is 50.5 Å². The van der Waals surface area contributed by atoms with Crippen LogP contribution in [0.1, 0.15) is 32.3 Å². The standard InChI is InChI=1S/C19H29N5O2/c1-4-20-19(21-13-16-6-5-7-18(12-16)24(25)26)22-17-8-10-23(11-9-17)14-15(2)3/h5-7,12,17H,2,4,8-11,13-14H2,1,3H3,(H2,20,21,22). The molecule has 1 aromatic carbocycles. The number of nitrogens with zero attached hydrogens (tertiary/aromatic N) is 3. The van der Waals surface area contributed by atoms with Crippen molar-refractivity contribution in [1.82, 2.24) is 15.5 Å². The highest BCUT2D eigenvalue weighted by Gasteiger charge is 2.19. The molecule has 1 heterocycles. The molecule has 1 saturated heterocycles. The van der Waals surface area contributed by atoms with E-state index in [1.165, 1.54) is 11.6 Å². The first-order valence-electron chi connectivity index (χ1n) is 9.13. The molecule has 0 bridgehead atoms. The van der Waals surface area contributed by atoms with Crippen molar-refractivity contribution in [2.45, 2.75) is 39.3 Å². The zero-order valence-corrected chi connectivity index (χ0v) is 15.7. The fourth-order valence-corrected chi connectivity index (χ4v) is 3.07. The molecule has 2 N–H and O–H groups in total. The third kappa shape index (κ3) is 6.48. The minimum atomic E-state index is -0.380. The molecule has 0 atom stereocenters. The van der Waals surface area contributed by atoms with Gasteiger partial charge in [0.15, 0.2) is 5.96 Å². The van der Waals surface area contributed by atoms with Gasteiger partial charge in [0.1, 0.15) is 0 Å². The molecule has 7 heteroatoms. The number of nitrogens with one attached hydrogen (secondary N) is 2. The van der Waals surface area contributed by atoms with E-state index in [-0.39, 0.29) is 10.6 Å². The van der Waals surface area contributed by atoms with E-state index in [2.05, 4.69) is 34.0 Å². The van der Waals surface area contributed by atoms with Crippen molar-refractivity contribution in [3.05, 3.63) is 52.1 Å². The van der Waals surface area contributed by atoms with Gasteiger partial charge in [-0.1, -0.05) is 24.3 Å². The van der Waals surface area contributed by atoms with Gasteiger partial charge in [-0.25, -0.2) is 4.99 Å². The number of aliphatic imine (C=N–C) groups is 1. The molecule has 0 amide bonds. The number of likely N-dealkylation sites (tertiary alicyclic amines) is 1. The molecule has 0 unspecified atom stereocenters. The van der Waals surface area contributed by atoms with Crippen LogP contribution < -0.4 is 10.6 Å². The molecule has 1 fully saturated rings. The number of guanidine groups is 1. The first-order valence-corrected chi connectivity index (χ1v) is 9.13. The highest BCUT2D eigenvalue weighted by Crippen LogP contribution is 2.14. The Labute approximate surface area is 155 Å². The Hall–Kier alpha value is -2.41. The van der Waals surface area contributed by atoms with Gasteiger partial charge in [0.25, 0.3) is 5.69 Å². The zero-order chi connectivity index (χ0) is 18.9. The summed E-state index contributed by atoms with van der Waals surface area (Å²) in [6.07, 6.45) is 2.13. The fourth-order valence-electron chi connectivity index (χ4n) is 3.07. The monoisotopic (exact) mass is 359 g/mol. The van der Waals surface area contributed by atoms with E-state index in [9.17, 15) is 10.1 Å². The number of non-ortho nitro benzene ring substituents is 1. The van der Waals surface area contributed by atoms with Crippen molar-refractivity contribution < 1.29 is 4.92 Å². The Morgan fingerprint density at radius 2 is 2.15 bits per heavy atom. The van der Waals surface area contributed by atoms with Crippen LogP contribution in [0.25, 0.3) is 0 Å². The van der Waals surface area contributed by atoms with Crippen molar-refractivity contribution in [3.63, 3.8) is 0 Å². The number of nitro benzene ring substituents is 1. The molecule has 1 aromatic rings. The second-order valence-electron chi connectivity index (χ2n) is 6.77. The van der Waals surface area contributed by atoms with E-state index in [0.29, 0.717) is 12.6 Å². The van der Waals surface area contributed by atoms with E-state index < -0.39 is 0 Å². The molecule has 7 nitrogen and oxygen atoms in total. The lowest BCUT2D eigenvalue weighted by molar-refractivity contribution is -0.384. The number of hydrogen-bond acceptors (Lipinski definition) is 4. The fraction of sp³-hybridized carbons (Fsp3) is 0.526. The maximum atomic E-state index is 10.9. The summed E-state index contributed by atoms with van der Waals surface area (Å²) in [6, 6.07) is 7.01. The van der Waals surface area contributed by atoms with Crippen LogP contribution in [0.2, 0.25) is 0 Å². The molecule has 26 heavy (non-hydrogen) atoms. The number of benzene rings is 1. The summed E-state index contributed by atoms with van der Waals surface area (Å²) in [5, 5.41) is 17.6. The van der Waals surface area contributed by atoms with Gasteiger partial charge in [-0.3, -0.25) is 15.0 Å². The van der Waals surface area contributed by atoms with E-state index >= 15 is 0 Å². The Balaban J connectivity index is 1.92. The van der Waals surface area contributed by atoms with Gasteiger partial charge < -0.3 is 10.6 Å². The number of hydrogen-bond donors (Lipinski definition) is 2. The lowest BCUT2D eigenvalue weighted by Crippen LogP contribution is -2.48. The van der Waals surface area contributed by atoms with Gasteiger partial charge in [-0.2, -0.15) is 0 Å². The molecular weight excluding hydrogens is 330 g/mol. The normalized spacial score (nSPS) is 16.3. The van der Waals surface area contributed by atoms with Crippen molar-refractivity contribution >= 4 is 11.6 Å². The van der Waals surface area contributed by atoms with Gasteiger partial charge >= 0.3 is 0 Å². The van der Waals surface area contributed by atoms with Crippen LogP contribution in [0.5, 0.6) is 0 Å². The Bertz CT molecular complexity index is 651. The largest absolute Gasteiger partial charge is 0.357 e. The summed E-state index contributed by atoms with van der Waals surface area (Å²) in [4.78, 5) is 17.5. The van der Waals surface area contributed by atoms with E-state index in [4.69, 9.17) is 0 Å². The average molecular weight is 359 g/mol. The van der Waals surface area contributed by atoms with Crippen LogP contribution in [-0.2, 0) is 6.54 Å². The quantitative estimate of drug-likeness (QED) is 0.257. The maximum absolute atomic E-state index is 10.9. The van der Waals surface area contributed by atoms with Gasteiger partial charge in [0.05, 0.1) is 11.5 Å². The smallest absolute Gasteiger partial charge is 0.269 e. The number of rotatable bonds is 7. The van der Waals surface area contributed by atoms with Crippen LogP contribution in [0.3, 0.4) is 0 Å². The topological polar surface area (TPSA) is 82.8 Å². The van der Waals surface area contributed by atoms with Gasteiger partial charge in [0.2, 0.25) is 0 Å². The molecule has 0 aromatic heterocycles. The molecule has 1 aliphatic rings. The first kappa shape index (κ1) is 19.9. The van der Waals surface area contributed by atoms with Gasteiger partial charge in [-0.05, 0) is 32.3 Å². The summed E-state index contributed by atoms with van der Waals surface area (Å²) in [5.41, 5.74) is 2.12. The Morgan fingerprint density at radius 3 is 2.77 bits per heavy atom. The van der Waals surface area contributed by atoms with Gasteiger partial charge in [-0.15, -0.1) is 0 Å². The second kappa shape index (κ2) is 9.91. The van der Waals surface area contributed by atoms with Crippen molar-refractivity contribution in [3.8, 4) is 0 Å². The van der Waals surface area contributed by atoms with Crippen molar-refractivity contribution in [1.29, 1.82) is 0 Å². The predicted octanol–water partition coefficient (Wildman–Crippen LogP) is 2.69. The molecule has 142 valence electrons. The van der Waals surface area contributed by atoms with E-state index in [1.54, 1.807) is 12.1 Å². The Morgan fingerprint density at radius 1 is 1.42 bits per heavy atom. The average Bonchev–Trinajstić information content (AvgIpc) is 2.61. The lowest BCUT2D eigenvalue weighted by Gasteiger charge is -2.33. The number of nitro groups is 1. The van der Waals surface area contributed by atoms with Crippen LogP contribution in [0.15, 0.2) is 41.4 Å². The minimum absolute atomic E-state index is 0.0977. The second-order valence-corrected chi connectivity index (χ2v) is 6.77. The van der Waals surface area contributed by atoms with Crippen LogP contribution in [0.4, 0.5) is 5.69 Å². The summed E-state index contributed by atoms with van der Waals surface area (Å²) < 4.78 is 0. The molecule has 0 saturated carbocycles. The SMILES string of the molecule is C=C(C)CN1CCC(NC(=NCc2cccc([N+](=O)[O-])c2)NCC)CC1. The summed E-state index contributed by atoms with van der Waals surface area (Å²) in [7, 11) is 0. The lowest BCUT2D eigenvalue weighted by atomic mass is 10.0. The summed E-state index contributed by atoms with van der Waals surface area (Å²) in [6.45, 7) is 12.3. The van der Waals surface area contributed by atoms with Crippen LogP contribution >= 0.6 is 0 Å². The molecular formula is C19H29N5O2. The van der Waals surface area contributed by atoms with Crippen LogP contribution in [-0.4, -0.2) is 48.0 Å². The Kier molecular flexibility index (Phi) is 7.59. The minimum Gasteiger partial charge on any atom is -0.357 e. The number of piperidine rings is 1. The highest BCUT2D eigenvalue weighted by molar-refractivity contribution is 5.80. The molecule has 0 radical (unpaired) electrons. The highest BCUT2D eigenvalue weighted by atomic mass is 16.6. The molecule has 0 spiro atoms. The van der Waals surface area contributed by atoms with Crippen molar-refractivity contribution in [2.75, 3.05) is 26.2 Å². The molecule has 0 aliphatic carbocycles. The first-order chi connectivity index (χ1) is 12.5. The maximum Gasteiger partial charge on any atom is 0.269 e. The van der Waals surface area contributed by atoms with E-state index in [1.807, 2.05) is 13.0 Å². The van der Waals surface area contributed by atoms with Crippen LogP contribution in [0, 0.1) is 10.1 Å². The zero-order valence-electron chi connectivity index (χ0n) is 15.7. The third-order valence-corrected chi connectivity index (χ3v) is 4.31. The third-order valence-electron chi connectivity index (χ3n) is 4.31. The summed E-state index contributed by atoms with van der Waals surface area (Å²) >= 11 is 0. The summed E-state index contributed by atoms with van der Waals surface area (Å²) in [5.74, 6) is 0.761.